The Morgan fingerprint density at radius 1 is 1.50 bits per heavy atom. The lowest BCUT2D eigenvalue weighted by Crippen LogP contribution is -2.44. The van der Waals surface area contributed by atoms with Crippen LogP contribution in [-0.2, 0) is 22.7 Å². The minimum atomic E-state index is -0.707. The molecule has 0 aromatic heterocycles. The first-order chi connectivity index (χ1) is 11.6. The number of aliphatic hydroxyl groups excluding tert-OH is 1. The number of fused-ring (bicyclic) bond motifs is 1. The van der Waals surface area contributed by atoms with Crippen molar-refractivity contribution in [2.75, 3.05) is 32.9 Å². The molecule has 2 N–H and O–H groups in total. The Hall–Kier alpha value is -1.63. The molecule has 0 amide bonds. The van der Waals surface area contributed by atoms with E-state index in [2.05, 4.69) is 4.90 Å². The monoisotopic (exact) mass is 335 g/mol. The second-order valence-corrected chi connectivity index (χ2v) is 6.69. The third-order valence-corrected chi connectivity index (χ3v) is 5.20. The fraction of sp³-hybridized carbons (Fsp3) is 0.611. The summed E-state index contributed by atoms with van der Waals surface area (Å²) in [4.78, 5) is 14.0. The topological polar surface area (TPSA) is 79.2 Å². The number of ether oxygens (including phenoxy) is 2. The maximum absolute atomic E-state index is 11.8. The van der Waals surface area contributed by atoms with Gasteiger partial charge in [-0.05, 0) is 31.0 Å². The molecule has 2 saturated heterocycles. The van der Waals surface area contributed by atoms with Crippen molar-refractivity contribution >= 4 is 5.97 Å². The van der Waals surface area contributed by atoms with E-state index in [0.717, 1.165) is 17.7 Å². The molecule has 0 unspecified atom stereocenters. The fourth-order valence-corrected chi connectivity index (χ4v) is 3.93. The highest BCUT2D eigenvalue weighted by Gasteiger charge is 2.53. The van der Waals surface area contributed by atoms with Gasteiger partial charge in [-0.25, -0.2) is 0 Å². The molecule has 1 aromatic carbocycles. The SMILES string of the molecule is CCOc1ccc(CN2C[C@@H]3COCC[C@]3(C(=O)O)C2)cc1CO. The van der Waals surface area contributed by atoms with Crippen molar-refractivity contribution in [2.45, 2.75) is 26.5 Å². The fourth-order valence-electron chi connectivity index (χ4n) is 3.93. The molecule has 0 radical (unpaired) electrons. The summed E-state index contributed by atoms with van der Waals surface area (Å²) >= 11 is 0. The Morgan fingerprint density at radius 3 is 3.00 bits per heavy atom. The number of benzene rings is 1. The zero-order valence-electron chi connectivity index (χ0n) is 14.0. The molecule has 0 aliphatic carbocycles. The van der Waals surface area contributed by atoms with Crippen LogP contribution in [0.25, 0.3) is 0 Å². The predicted molar refractivity (Wildman–Crippen MR) is 87.8 cm³/mol. The molecule has 3 rings (SSSR count). The highest BCUT2D eigenvalue weighted by Crippen LogP contribution is 2.43. The van der Waals surface area contributed by atoms with Gasteiger partial charge in [0.15, 0.2) is 0 Å². The van der Waals surface area contributed by atoms with Crippen LogP contribution in [0.5, 0.6) is 5.75 Å². The molecule has 2 aliphatic heterocycles. The van der Waals surface area contributed by atoms with Crippen molar-refractivity contribution in [1.82, 2.24) is 4.90 Å². The first kappa shape index (κ1) is 17.2. The van der Waals surface area contributed by atoms with E-state index in [9.17, 15) is 15.0 Å². The average molecular weight is 335 g/mol. The third-order valence-electron chi connectivity index (χ3n) is 5.20. The van der Waals surface area contributed by atoms with Crippen molar-refractivity contribution in [3.8, 4) is 5.75 Å². The summed E-state index contributed by atoms with van der Waals surface area (Å²) in [5.74, 6) is 0.0408. The Labute approximate surface area is 142 Å². The molecule has 6 heteroatoms. The Bertz CT molecular complexity index is 605. The maximum atomic E-state index is 11.8. The first-order valence-corrected chi connectivity index (χ1v) is 8.48. The van der Waals surface area contributed by atoms with Gasteiger partial charge in [0.1, 0.15) is 5.75 Å². The van der Waals surface area contributed by atoms with Gasteiger partial charge < -0.3 is 19.7 Å². The van der Waals surface area contributed by atoms with Crippen LogP contribution < -0.4 is 4.74 Å². The lowest BCUT2D eigenvalue weighted by atomic mass is 9.74. The van der Waals surface area contributed by atoms with Crippen LogP contribution in [0, 0.1) is 11.3 Å². The number of hydrogen-bond acceptors (Lipinski definition) is 5. The molecule has 2 atom stereocenters. The van der Waals surface area contributed by atoms with Crippen molar-refractivity contribution in [3.05, 3.63) is 29.3 Å². The molecule has 0 bridgehead atoms. The van der Waals surface area contributed by atoms with Crippen LogP contribution in [-0.4, -0.2) is 54.0 Å². The zero-order chi connectivity index (χ0) is 17.2. The predicted octanol–water partition coefficient (Wildman–Crippen LogP) is 1.50. The second kappa shape index (κ2) is 7.09. The highest BCUT2D eigenvalue weighted by molar-refractivity contribution is 5.76. The van der Waals surface area contributed by atoms with Crippen LogP contribution >= 0.6 is 0 Å². The number of likely N-dealkylation sites (tertiary alicyclic amines) is 1. The third kappa shape index (κ3) is 3.14. The van der Waals surface area contributed by atoms with Crippen LogP contribution in [0.4, 0.5) is 0 Å². The van der Waals surface area contributed by atoms with E-state index < -0.39 is 11.4 Å². The van der Waals surface area contributed by atoms with E-state index in [1.807, 2.05) is 25.1 Å². The minimum absolute atomic E-state index is 0.0451. The van der Waals surface area contributed by atoms with E-state index in [0.29, 0.717) is 45.1 Å². The van der Waals surface area contributed by atoms with E-state index >= 15 is 0 Å². The van der Waals surface area contributed by atoms with Gasteiger partial charge in [0, 0.05) is 37.7 Å². The lowest BCUT2D eigenvalue weighted by molar-refractivity contribution is -0.157. The Kier molecular flexibility index (Phi) is 5.08. The van der Waals surface area contributed by atoms with Crippen molar-refractivity contribution < 1.29 is 24.5 Å². The van der Waals surface area contributed by atoms with Crippen molar-refractivity contribution in [1.29, 1.82) is 0 Å². The molecule has 1 aromatic rings. The molecule has 2 aliphatic rings. The number of carboxylic acids is 1. The van der Waals surface area contributed by atoms with E-state index in [-0.39, 0.29) is 12.5 Å². The smallest absolute Gasteiger partial charge is 0.311 e. The average Bonchev–Trinajstić information content (AvgIpc) is 2.95. The van der Waals surface area contributed by atoms with Crippen LogP contribution in [0.15, 0.2) is 18.2 Å². The van der Waals surface area contributed by atoms with Gasteiger partial charge in [-0.2, -0.15) is 0 Å². The molecule has 132 valence electrons. The quantitative estimate of drug-likeness (QED) is 0.820. The summed E-state index contributed by atoms with van der Waals surface area (Å²) in [6, 6.07) is 5.80. The number of carbonyl (C=O) groups is 1. The first-order valence-electron chi connectivity index (χ1n) is 8.48. The van der Waals surface area contributed by atoms with Crippen molar-refractivity contribution in [3.63, 3.8) is 0 Å². The summed E-state index contributed by atoms with van der Waals surface area (Å²) in [5.41, 5.74) is 1.15. The van der Waals surface area contributed by atoms with Gasteiger partial charge in [0.05, 0.1) is 25.2 Å². The van der Waals surface area contributed by atoms with Gasteiger partial charge in [-0.15, -0.1) is 0 Å². The van der Waals surface area contributed by atoms with E-state index in [1.54, 1.807) is 0 Å². The summed E-state index contributed by atoms with van der Waals surface area (Å²) in [5, 5.41) is 19.3. The summed E-state index contributed by atoms with van der Waals surface area (Å²) in [6.45, 7) is 5.40. The number of aliphatic hydroxyl groups is 1. The Balaban J connectivity index is 1.74. The van der Waals surface area contributed by atoms with Crippen LogP contribution in [0.1, 0.15) is 24.5 Å². The largest absolute Gasteiger partial charge is 0.494 e. The standard InChI is InChI=1S/C18H25NO5/c1-2-24-16-4-3-13(7-14(16)10-20)8-19-9-15-11-23-6-5-18(15,12-19)17(21)22/h3-4,7,15,20H,2,5-6,8-12H2,1H3,(H,21,22)/t15-,18+/m1/s1. The highest BCUT2D eigenvalue weighted by atomic mass is 16.5. The molecule has 0 spiro atoms. The van der Waals surface area contributed by atoms with Crippen LogP contribution in [0.2, 0.25) is 0 Å². The number of aliphatic carboxylic acids is 1. The van der Waals surface area contributed by atoms with Crippen LogP contribution in [0.3, 0.4) is 0 Å². The second-order valence-electron chi connectivity index (χ2n) is 6.69. The summed E-state index contributed by atoms with van der Waals surface area (Å²) < 4.78 is 11.0. The Morgan fingerprint density at radius 2 is 2.33 bits per heavy atom. The molecule has 6 nitrogen and oxygen atoms in total. The summed E-state index contributed by atoms with van der Waals surface area (Å²) in [7, 11) is 0. The van der Waals surface area contributed by atoms with Crippen molar-refractivity contribution in [2.24, 2.45) is 11.3 Å². The minimum Gasteiger partial charge on any atom is -0.494 e. The lowest BCUT2D eigenvalue weighted by Gasteiger charge is -2.34. The maximum Gasteiger partial charge on any atom is 0.311 e. The van der Waals surface area contributed by atoms with Gasteiger partial charge in [0.25, 0.3) is 0 Å². The van der Waals surface area contributed by atoms with Gasteiger partial charge in [-0.1, -0.05) is 6.07 Å². The van der Waals surface area contributed by atoms with Gasteiger partial charge >= 0.3 is 5.97 Å². The van der Waals surface area contributed by atoms with Gasteiger partial charge in [-0.3, -0.25) is 9.69 Å². The molecule has 24 heavy (non-hydrogen) atoms. The molecule has 2 heterocycles. The van der Waals surface area contributed by atoms with Gasteiger partial charge in [0.2, 0.25) is 0 Å². The number of hydrogen-bond donors (Lipinski definition) is 2. The number of nitrogens with zero attached hydrogens (tertiary/aromatic N) is 1. The molecular formula is C18H25NO5. The van der Waals surface area contributed by atoms with E-state index in [4.69, 9.17) is 9.47 Å². The molecule has 0 saturated carbocycles. The number of carboxylic acid groups (broad SMARTS) is 1. The molecule has 2 fully saturated rings. The summed E-state index contributed by atoms with van der Waals surface area (Å²) in [6.07, 6.45) is 0.578. The zero-order valence-corrected chi connectivity index (χ0v) is 14.0. The van der Waals surface area contributed by atoms with E-state index in [1.165, 1.54) is 0 Å². The number of rotatable bonds is 6. The normalized spacial score (nSPS) is 27.0. The molecular weight excluding hydrogens is 310 g/mol.